The molecule has 39 heavy (non-hydrogen) atoms. The molecule has 0 bridgehead atoms. The monoisotopic (exact) mass is 550 g/mol. The topological polar surface area (TPSA) is 57.5 Å². The highest BCUT2D eigenvalue weighted by molar-refractivity contribution is 7.15. The molecule has 3 nitrogen and oxygen atoms in total. The summed E-state index contributed by atoms with van der Waals surface area (Å²) in [7, 11) is 0. The standard InChI is InChI=1S/C35H50O3S/c1-21(2)22-12-17-35(20-36)19-18-33(6)24(29(22)35)8-11-28-32(5)15-13-23(25-9-10-26(39-25)30(37)38)31(3,4)27(32)14-16-34(28,33)7/h9-10,13,22,24,27-29,36H,1,8,11-12,14-20H2,2-7H3,(H,37,38)/t22-,24?,27-,28+,29+,32-,33+,34+,35+/m0/s1. The summed E-state index contributed by atoms with van der Waals surface area (Å²) >= 11 is 1.44. The number of carbonyl (C=O) groups is 1. The Hall–Kier alpha value is -1.39. The lowest BCUT2D eigenvalue weighted by atomic mass is 9.32. The number of fused-ring (bicyclic) bond motifs is 7. The van der Waals surface area contributed by atoms with Crippen molar-refractivity contribution in [2.24, 2.45) is 56.7 Å². The van der Waals surface area contributed by atoms with Crippen molar-refractivity contribution < 1.29 is 15.0 Å². The molecule has 0 spiro atoms. The van der Waals surface area contributed by atoms with Crippen LogP contribution in [-0.4, -0.2) is 22.8 Å². The fraction of sp³-hybridized carbons (Fsp3) is 0.743. The van der Waals surface area contributed by atoms with Crippen LogP contribution in [-0.2, 0) is 0 Å². The number of aromatic carboxylic acids is 1. The maximum absolute atomic E-state index is 11.6. The Labute approximate surface area is 240 Å². The van der Waals surface area contributed by atoms with Gasteiger partial charge >= 0.3 is 5.97 Å². The second kappa shape index (κ2) is 8.81. The third-order valence-corrected chi connectivity index (χ3v) is 15.3. The smallest absolute Gasteiger partial charge is 0.345 e. The molecule has 1 unspecified atom stereocenters. The van der Waals surface area contributed by atoms with Gasteiger partial charge in [-0.1, -0.05) is 52.8 Å². The molecule has 1 heterocycles. The Morgan fingerprint density at radius 3 is 2.36 bits per heavy atom. The van der Waals surface area contributed by atoms with Crippen LogP contribution in [0.1, 0.15) is 114 Å². The second-order valence-electron chi connectivity index (χ2n) is 15.7. The molecule has 1 aromatic heterocycles. The number of hydrogen-bond acceptors (Lipinski definition) is 3. The van der Waals surface area contributed by atoms with E-state index < -0.39 is 5.97 Å². The van der Waals surface area contributed by atoms with E-state index in [9.17, 15) is 15.0 Å². The summed E-state index contributed by atoms with van der Waals surface area (Å²) in [4.78, 5) is 13.2. The van der Waals surface area contributed by atoms with Crippen molar-refractivity contribution >= 4 is 22.9 Å². The Kier molecular flexibility index (Phi) is 6.27. The highest BCUT2D eigenvalue weighted by atomic mass is 32.1. The van der Waals surface area contributed by atoms with Crippen LogP contribution in [0.4, 0.5) is 0 Å². The maximum atomic E-state index is 11.6. The van der Waals surface area contributed by atoms with E-state index in [1.54, 1.807) is 6.07 Å². The Balaban J connectivity index is 1.37. The first-order valence-electron chi connectivity index (χ1n) is 15.6. The van der Waals surface area contributed by atoms with Crippen LogP contribution in [0.5, 0.6) is 0 Å². The van der Waals surface area contributed by atoms with Crippen molar-refractivity contribution in [2.45, 2.75) is 99.3 Å². The number of aliphatic hydroxyl groups is 1. The molecule has 4 heteroatoms. The zero-order chi connectivity index (χ0) is 28.2. The van der Waals surface area contributed by atoms with Gasteiger partial charge in [-0.3, -0.25) is 0 Å². The maximum Gasteiger partial charge on any atom is 0.345 e. The summed E-state index contributed by atoms with van der Waals surface area (Å²) in [5, 5.41) is 20.3. The molecule has 0 aromatic carbocycles. The zero-order valence-corrected chi connectivity index (χ0v) is 25.9. The lowest BCUT2D eigenvalue weighted by molar-refractivity contribution is -0.228. The molecule has 0 saturated heterocycles. The van der Waals surface area contributed by atoms with Gasteiger partial charge in [0, 0.05) is 11.5 Å². The minimum absolute atomic E-state index is 0.0157. The molecule has 0 radical (unpaired) electrons. The van der Waals surface area contributed by atoms with Gasteiger partial charge in [-0.2, -0.15) is 0 Å². The minimum Gasteiger partial charge on any atom is -0.477 e. The van der Waals surface area contributed by atoms with Gasteiger partial charge in [-0.15, -0.1) is 11.3 Å². The van der Waals surface area contributed by atoms with Crippen molar-refractivity contribution in [2.75, 3.05) is 6.61 Å². The Morgan fingerprint density at radius 1 is 0.974 bits per heavy atom. The third-order valence-electron chi connectivity index (χ3n) is 14.2. The van der Waals surface area contributed by atoms with E-state index in [-0.39, 0.29) is 16.2 Å². The van der Waals surface area contributed by atoms with Gasteiger partial charge in [0.2, 0.25) is 0 Å². The van der Waals surface area contributed by atoms with Gasteiger partial charge in [0.05, 0.1) is 0 Å². The molecule has 0 amide bonds. The second-order valence-corrected chi connectivity index (χ2v) is 16.8. The van der Waals surface area contributed by atoms with Crippen molar-refractivity contribution in [3.05, 3.63) is 40.1 Å². The Bertz CT molecular complexity index is 1220. The minimum atomic E-state index is -0.822. The first kappa shape index (κ1) is 27.8. The Morgan fingerprint density at radius 2 is 1.72 bits per heavy atom. The number of carboxylic acids is 1. The first-order valence-corrected chi connectivity index (χ1v) is 16.4. The molecule has 9 atom stereocenters. The van der Waals surface area contributed by atoms with Crippen molar-refractivity contribution in [3.8, 4) is 0 Å². The van der Waals surface area contributed by atoms with Gasteiger partial charge in [-0.25, -0.2) is 4.79 Å². The van der Waals surface area contributed by atoms with Crippen LogP contribution < -0.4 is 0 Å². The molecule has 5 aliphatic carbocycles. The molecule has 6 rings (SSSR count). The number of allylic oxidation sites excluding steroid dienone is 3. The number of carboxylic acid groups (broad SMARTS) is 1. The lowest BCUT2D eigenvalue weighted by Crippen LogP contribution is -2.65. The largest absolute Gasteiger partial charge is 0.477 e. The van der Waals surface area contributed by atoms with E-state index in [1.807, 2.05) is 6.07 Å². The fourth-order valence-electron chi connectivity index (χ4n) is 12.2. The number of hydrogen-bond donors (Lipinski definition) is 2. The highest BCUT2D eigenvalue weighted by Gasteiger charge is 2.70. The molecule has 4 fully saturated rings. The average molecular weight is 551 g/mol. The van der Waals surface area contributed by atoms with Gasteiger partial charge in [0.15, 0.2) is 0 Å². The van der Waals surface area contributed by atoms with E-state index in [0.29, 0.717) is 51.9 Å². The summed E-state index contributed by atoms with van der Waals surface area (Å²) < 4.78 is 0. The molecular formula is C35H50O3S. The summed E-state index contributed by atoms with van der Waals surface area (Å²) in [5.41, 5.74) is 3.67. The fourth-order valence-corrected chi connectivity index (χ4v) is 13.2. The quantitative estimate of drug-likeness (QED) is 0.368. The van der Waals surface area contributed by atoms with E-state index in [2.05, 4.69) is 54.2 Å². The van der Waals surface area contributed by atoms with E-state index in [4.69, 9.17) is 0 Å². The number of aliphatic hydroxyl groups excluding tert-OH is 1. The number of thiophene rings is 1. The third kappa shape index (κ3) is 3.52. The van der Waals surface area contributed by atoms with E-state index >= 15 is 0 Å². The highest BCUT2D eigenvalue weighted by Crippen LogP contribution is 2.77. The van der Waals surface area contributed by atoms with Crippen LogP contribution >= 0.6 is 11.3 Å². The SMILES string of the molecule is C=C(C)[C@@H]1CC[C@]2(CO)CC[C@]3(C)C(CC[C@@H]4[C@@]5(C)CC=C(c6ccc(C(=O)O)s6)C(C)(C)[C@@H]5CC[C@]43C)[C@@H]12. The molecule has 214 valence electrons. The predicted octanol–water partition coefficient (Wildman–Crippen LogP) is 9.09. The van der Waals surface area contributed by atoms with E-state index in [1.165, 1.54) is 73.8 Å². The summed E-state index contributed by atoms with van der Waals surface area (Å²) in [5.74, 6) is 2.28. The van der Waals surface area contributed by atoms with Gasteiger partial charge in [0.1, 0.15) is 4.88 Å². The van der Waals surface area contributed by atoms with Gasteiger partial charge in [0.25, 0.3) is 0 Å². The van der Waals surface area contributed by atoms with Crippen molar-refractivity contribution in [1.82, 2.24) is 0 Å². The van der Waals surface area contributed by atoms with E-state index in [0.717, 1.165) is 11.3 Å². The predicted molar refractivity (Wildman–Crippen MR) is 161 cm³/mol. The van der Waals surface area contributed by atoms with Crippen LogP contribution in [0.2, 0.25) is 0 Å². The average Bonchev–Trinajstić information content (AvgIpc) is 3.50. The summed E-state index contributed by atoms with van der Waals surface area (Å²) in [6.45, 7) is 19.9. The first-order chi connectivity index (χ1) is 18.2. The van der Waals surface area contributed by atoms with Crippen LogP contribution in [0.15, 0.2) is 30.4 Å². The van der Waals surface area contributed by atoms with Crippen LogP contribution in [0.3, 0.4) is 0 Å². The molecule has 0 aliphatic heterocycles. The normalized spacial score (nSPS) is 46.3. The molecule has 4 saturated carbocycles. The molecule has 1 aromatic rings. The molecule has 2 N–H and O–H groups in total. The molecular weight excluding hydrogens is 500 g/mol. The van der Waals surface area contributed by atoms with Crippen LogP contribution in [0.25, 0.3) is 5.57 Å². The molecule has 5 aliphatic rings. The van der Waals surface area contributed by atoms with Crippen LogP contribution in [0, 0.1) is 56.7 Å². The number of rotatable bonds is 4. The lowest BCUT2D eigenvalue weighted by Gasteiger charge is -2.72. The van der Waals surface area contributed by atoms with Gasteiger partial charge in [-0.05, 0) is 139 Å². The van der Waals surface area contributed by atoms with Crippen molar-refractivity contribution in [1.29, 1.82) is 0 Å². The summed E-state index contributed by atoms with van der Waals surface area (Å²) in [6, 6.07) is 3.82. The zero-order valence-electron chi connectivity index (χ0n) is 25.1. The van der Waals surface area contributed by atoms with Gasteiger partial charge < -0.3 is 10.2 Å². The summed E-state index contributed by atoms with van der Waals surface area (Å²) in [6.07, 6.45) is 13.5. The van der Waals surface area contributed by atoms with Crippen molar-refractivity contribution in [3.63, 3.8) is 0 Å².